The maximum Gasteiger partial charge on any atom is 0.243 e. The average molecular weight is 492 g/mol. The van der Waals surface area contributed by atoms with Crippen LogP contribution < -0.4 is 15.5 Å². The number of amides is 1. The Morgan fingerprint density at radius 2 is 2.06 bits per heavy atom. The highest BCUT2D eigenvalue weighted by atomic mass is 16.1. The molecular formula is C26H37N9O. The summed E-state index contributed by atoms with van der Waals surface area (Å²) in [5.74, 6) is 2.32. The van der Waals surface area contributed by atoms with Crippen LogP contribution in [0.25, 0.3) is 11.2 Å². The number of nitrogens with zero attached hydrogens (tertiary/aromatic N) is 7. The Labute approximate surface area is 212 Å². The van der Waals surface area contributed by atoms with Crippen LogP contribution in [0.5, 0.6) is 0 Å². The van der Waals surface area contributed by atoms with Gasteiger partial charge in [0.25, 0.3) is 0 Å². The van der Waals surface area contributed by atoms with Crippen molar-refractivity contribution in [3.63, 3.8) is 0 Å². The molecule has 2 N–H and O–H groups in total. The summed E-state index contributed by atoms with van der Waals surface area (Å²) in [6.45, 7) is 12.3. The summed E-state index contributed by atoms with van der Waals surface area (Å²) in [6.07, 6.45) is 10.5. The van der Waals surface area contributed by atoms with Gasteiger partial charge in [-0.3, -0.25) is 9.79 Å². The van der Waals surface area contributed by atoms with Gasteiger partial charge in [-0.2, -0.15) is 9.97 Å². The van der Waals surface area contributed by atoms with E-state index in [0.717, 1.165) is 55.9 Å². The molecule has 5 heterocycles. The van der Waals surface area contributed by atoms with Crippen molar-refractivity contribution in [3.8, 4) is 0 Å². The lowest BCUT2D eigenvalue weighted by Crippen LogP contribution is -2.36. The molecule has 0 bridgehead atoms. The zero-order valence-corrected chi connectivity index (χ0v) is 21.5. The second kappa shape index (κ2) is 10.4. The van der Waals surface area contributed by atoms with E-state index in [1.54, 1.807) is 0 Å². The molecule has 192 valence electrons. The smallest absolute Gasteiger partial charge is 0.243 e. The topological polar surface area (TPSA) is 104 Å². The molecule has 36 heavy (non-hydrogen) atoms. The van der Waals surface area contributed by atoms with Crippen molar-refractivity contribution < 1.29 is 4.79 Å². The second-order valence-electron chi connectivity index (χ2n) is 10.5. The summed E-state index contributed by atoms with van der Waals surface area (Å²) in [6, 6.07) is 0.259. The first-order valence-electron chi connectivity index (χ1n) is 13.0. The van der Waals surface area contributed by atoms with Gasteiger partial charge in [0.1, 0.15) is 0 Å². The van der Waals surface area contributed by atoms with Crippen LogP contribution in [-0.4, -0.2) is 82.4 Å². The minimum absolute atomic E-state index is 0.0446. The Hall–Kier alpha value is -3.27. The predicted octanol–water partition coefficient (Wildman–Crippen LogP) is 2.63. The Morgan fingerprint density at radius 1 is 1.19 bits per heavy atom. The van der Waals surface area contributed by atoms with Gasteiger partial charge < -0.3 is 25.0 Å². The number of hydrogen-bond acceptors (Lipinski definition) is 8. The summed E-state index contributed by atoms with van der Waals surface area (Å²) in [4.78, 5) is 35.5. The molecule has 3 atom stereocenters. The number of imidazole rings is 1. The zero-order chi connectivity index (χ0) is 25.2. The van der Waals surface area contributed by atoms with Gasteiger partial charge in [0.05, 0.1) is 12.0 Å². The molecule has 0 aliphatic carbocycles. The van der Waals surface area contributed by atoms with Crippen molar-refractivity contribution in [2.75, 3.05) is 50.0 Å². The van der Waals surface area contributed by atoms with Gasteiger partial charge in [-0.25, -0.2) is 4.98 Å². The lowest BCUT2D eigenvalue weighted by Gasteiger charge is -2.20. The summed E-state index contributed by atoms with van der Waals surface area (Å²) in [5.41, 5.74) is 2.52. The number of hydrogen-bond donors (Lipinski definition) is 2. The monoisotopic (exact) mass is 491 g/mol. The van der Waals surface area contributed by atoms with Gasteiger partial charge >= 0.3 is 0 Å². The molecule has 3 aliphatic heterocycles. The van der Waals surface area contributed by atoms with Gasteiger partial charge in [0.2, 0.25) is 11.9 Å². The van der Waals surface area contributed by atoms with Gasteiger partial charge in [0, 0.05) is 44.5 Å². The number of aliphatic imine (C=N–C) groups is 1. The van der Waals surface area contributed by atoms with Gasteiger partial charge in [-0.05, 0) is 64.6 Å². The molecule has 2 saturated heterocycles. The van der Waals surface area contributed by atoms with Crippen LogP contribution >= 0.6 is 0 Å². The highest BCUT2D eigenvalue weighted by Crippen LogP contribution is 2.31. The third-order valence-electron chi connectivity index (χ3n) is 7.48. The van der Waals surface area contributed by atoms with Crippen molar-refractivity contribution in [2.45, 2.75) is 45.2 Å². The molecule has 10 heteroatoms. The third kappa shape index (κ3) is 5.13. The first kappa shape index (κ1) is 24.4. The number of anilines is 2. The molecule has 3 aliphatic rings. The maximum absolute atomic E-state index is 11.8. The maximum atomic E-state index is 11.8. The number of likely N-dealkylation sites (tertiary alicyclic amines) is 1. The lowest BCUT2D eigenvalue weighted by atomic mass is 9.88. The van der Waals surface area contributed by atoms with Crippen LogP contribution in [0, 0.1) is 11.8 Å². The highest BCUT2D eigenvalue weighted by Gasteiger charge is 2.29. The Kier molecular flexibility index (Phi) is 7.04. The molecular weight excluding hydrogens is 454 g/mol. The number of carbonyl (C=O) groups excluding carboxylic acids is 1. The molecule has 5 rings (SSSR count). The van der Waals surface area contributed by atoms with E-state index in [-0.39, 0.29) is 18.0 Å². The molecule has 10 nitrogen and oxygen atoms in total. The summed E-state index contributed by atoms with van der Waals surface area (Å²) in [5, 5.41) is 6.55. The van der Waals surface area contributed by atoms with Crippen molar-refractivity contribution in [1.82, 2.24) is 29.7 Å². The predicted molar refractivity (Wildman–Crippen MR) is 143 cm³/mol. The molecule has 0 saturated carbocycles. The fraction of sp³-hybridized carbons (Fsp3) is 0.577. The normalized spacial score (nSPS) is 24.8. The summed E-state index contributed by atoms with van der Waals surface area (Å²) < 4.78 is 2.07. The molecule has 1 amide bonds. The molecule has 1 unspecified atom stereocenters. The van der Waals surface area contributed by atoms with Crippen LogP contribution in [0.3, 0.4) is 0 Å². The van der Waals surface area contributed by atoms with E-state index in [0.29, 0.717) is 30.1 Å². The van der Waals surface area contributed by atoms with Gasteiger partial charge in [-0.15, -0.1) is 0 Å². The number of rotatable bonds is 7. The SMILES string of the molecule is C=CC(=O)N[C@H]1CCN(c2nc(NC3=C[C@@H](C4CCN(C)C4)CCN=C3)c3ncn(C(C)C)c3n2)C1. The summed E-state index contributed by atoms with van der Waals surface area (Å²) >= 11 is 0. The van der Waals surface area contributed by atoms with E-state index in [2.05, 4.69) is 68.5 Å². The number of fused-ring (bicyclic) bond motifs is 1. The van der Waals surface area contributed by atoms with Crippen LogP contribution in [0.2, 0.25) is 0 Å². The molecule has 2 aromatic heterocycles. The van der Waals surface area contributed by atoms with Crippen LogP contribution in [0.1, 0.15) is 39.2 Å². The van der Waals surface area contributed by atoms with E-state index in [1.165, 1.54) is 12.5 Å². The van der Waals surface area contributed by atoms with Crippen LogP contribution in [-0.2, 0) is 4.79 Å². The van der Waals surface area contributed by atoms with Crippen molar-refractivity contribution in [1.29, 1.82) is 0 Å². The van der Waals surface area contributed by atoms with Crippen LogP contribution in [0.4, 0.5) is 11.8 Å². The minimum atomic E-state index is -0.152. The molecule has 0 aromatic carbocycles. The van der Waals surface area contributed by atoms with E-state index < -0.39 is 0 Å². The number of aromatic nitrogens is 4. The quantitative estimate of drug-likeness (QED) is 0.574. The summed E-state index contributed by atoms with van der Waals surface area (Å²) in [7, 11) is 2.20. The van der Waals surface area contributed by atoms with Crippen molar-refractivity contribution in [3.05, 3.63) is 30.8 Å². The lowest BCUT2D eigenvalue weighted by molar-refractivity contribution is -0.117. The first-order valence-corrected chi connectivity index (χ1v) is 13.0. The Bertz CT molecular complexity index is 1180. The second-order valence-corrected chi connectivity index (χ2v) is 10.5. The van der Waals surface area contributed by atoms with E-state index in [4.69, 9.17) is 9.97 Å². The molecule has 2 aromatic rings. The Balaban J connectivity index is 1.45. The average Bonchev–Trinajstić information content (AvgIpc) is 3.57. The fourth-order valence-corrected chi connectivity index (χ4v) is 5.48. The number of carbonyl (C=O) groups is 1. The van der Waals surface area contributed by atoms with E-state index in [9.17, 15) is 4.79 Å². The minimum Gasteiger partial charge on any atom is -0.348 e. The molecule has 2 fully saturated rings. The highest BCUT2D eigenvalue weighted by molar-refractivity contribution is 5.90. The van der Waals surface area contributed by atoms with Crippen molar-refractivity contribution >= 4 is 35.1 Å². The largest absolute Gasteiger partial charge is 0.348 e. The molecule has 0 spiro atoms. The first-order chi connectivity index (χ1) is 17.4. The van der Waals surface area contributed by atoms with Gasteiger partial charge in [0.15, 0.2) is 17.0 Å². The number of nitrogens with one attached hydrogen (secondary N) is 2. The number of allylic oxidation sites excluding steroid dienone is 2. The van der Waals surface area contributed by atoms with Gasteiger partial charge in [-0.1, -0.05) is 12.7 Å². The zero-order valence-electron chi connectivity index (χ0n) is 21.5. The van der Waals surface area contributed by atoms with Crippen molar-refractivity contribution in [2.24, 2.45) is 16.8 Å². The van der Waals surface area contributed by atoms with E-state index >= 15 is 0 Å². The fourth-order valence-electron chi connectivity index (χ4n) is 5.48. The Morgan fingerprint density at radius 3 is 2.81 bits per heavy atom. The standard InChI is InChI=1S/C26H37N9O/c1-5-22(36)29-20-8-11-34(15-20)26-31-24(23-25(32-26)35(16-28-23)17(2)3)30-21-12-18(6-9-27-13-21)19-7-10-33(4)14-19/h5,12-13,16-20H,1,6-11,14-15H2,2-4H3,(H,29,36)(H,30,31,32)/t18-,19?,20-/m0/s1. The van der Waals surface area contributed by atoms with Crippen LogP contribution in [0.15, 0.2) is 35.7 Å². The van der Waals surface area contributed by atoms with E-state index in [1.807, 2.05) is 12.5 Å². The molecule has 0 radical (unpaired) electrons. The third-order valence-corrected chi connectivity index (χ3v) is 7.48.